The molecule has 2 N–H and O–H groups in total. The molecule has 0 saturated heterocycles. The van der Waals surface area contributed by atoms with Crippen LogP contribution in [0, 0.1) is 0 Å². The summed E-state index contributed by atoms with van der Waals surface area (Å²) in [6.45, 7) is 1.80. The molecule has 2 aromatic rings. The first-order valence-electron chi connectivity index (χ1n) is 5.13. The number of para-hydroxylation sites is 1. The summed E-state index contributed by atoms with van der Waals surface area (Å²) in [5.74, 6) is -0.0502. The highest BCUT2D eigenvalue weighted by Crippen LogP contribution is 2.22. The highest BCUT2D eigenvalue weighted by atomic mass is 35.5. The first-order valence-corrected chi connectivity index (χ1v) is 5.51. The smallest absolute Gasteiger partial charge is 0.263 e. The molecule has 0 aliphatic carbocycles. The third kappa shape index (κ3) is 1.87. The van der Waals surface area contributed by atoms with Crippen LogP contribution in [0.25, 0.3) is 10.9 Å². The zero-order chi connectivity index (χ0) is 12.6. The SMILES string of the molecule is CNC(C)n1c(Cl)nc2c(O)cccc2c1=O. The first-order chi connectivity index (χ1) is 8.06. The molecule has 17 heavy (non-hydrogen) atoms. The highest BCUT2D eigenvalue weighted by molar-refractivity contribution is 6.28. The van der Waals surface area contributed by atoms with Crippen molar-refractivity contribution in [3.8, 4) is 5.75 Å². The largest absolute Gasteiger partial charge is 0.506 e. The van der Waals surface area contributed by atoms with Crippen LogP contribution in [-0.4, -0.2) is 21.7 Å². The summed E-state index contributed by atoms with van der Waals surface area (Å²) in [6, 6.07) is 4.68. The quantitative estimate of drug-likeness (QED) is 0.796. The van der Waals surface area contributed by atoms with Crippen LogP contribution in [0.15, 0.2) is 23.0 Å². The number of aromatic nitrogens is 2. The molecule has 0 fully saturated rings. The van der Waals surface area contributed by atoms with Crippen molar-refractivity contribution in [3.05, 3.63) is 33.8 Å². The predicted octanol–water partition coefficient (Wildman–Crippen LogP) is 1.49. The summed E-state index contributed by atoms with van der Waals surface area (Å²) >= 11 is 5.95. The fourth-order valence-electron chi connectivity index (χ4n) is 1.65. The molecule has 0 radical (unpaired) electrons. The van der Waals surface area contributed by atoms with E-state index in [0.29, 0.717) is 5.39 Å². The number of halogens is 1. The van der Waals surface area contributed by atoms with E-state index in [1.807, 2.05) is 0 Å². The number of nitrogens with zero attached hydrogens (tertiary/aromatic N) is 2. The fraction of sp³-hybridized carbons (Fsp3) is 0.273. The van der Waals surface area contributed by atoms with Gasteiger partial charge < -0.3 is 10.4 Å². The van der Waals surface area contributed by atoms with Crippen molar-refractivity contribution in [1.82, 2.24) is 14.9 Å². The zero-order valence-corrected chi connectivity index (χ0v) is 10.2. The van der Waals surface area contributed by atoms with Gasteiger partial charge in [0.2, 0.25) is 5.28 Å². The average molecular weight is 254 g/mol. The van der Waals surface area contributed by atoms with Gasteiger partial charge in [-0.05, 0) is 37.7 Å². The number of fused-ring (bicyclic) bond motifs is 1. The number of rotatable bonds is 2. The van der Waals surface area contributed by atoms with Crippen molar-refractivity contribution in [3.63, 3.8) is 0 Å². The van der Waals surface area contributed by atoms with E-state index in [9.17, 15) is 9.90 Å². The molecule has 1 aromatic carbocycles. The Hall–Kier alpha value is -1.59. The van der Waals surface area contributed by atoms with Crippen molar-refractivity contribution in [1.29, 1.82) is 0 Å². The van der Waals surface area contributed by atoms with Gasteiger partial charge in [0.25, 0.3) is 5.56 Å². The first kappa shape index (κ1) is 11.9. The van der Waals surface area contributed by atoms with Crippen molar-refractivity contribution >= 4 is 22.5 Å². The van der Waals surface area contributed by atoms with E-state index in [-0.39, 0.29) is 28.3 Å². The summed E-state index contributed by atoms with van der Waals surface area (Å²) in [4.78, 5) is 16.2. The van der Waals surface area contributed by atoms with Gasteiger partial charge in [0, 0.05) is 0 Å². The maximum absolute atomic E-state index is 12.2. The Morgan fingerprint density at radius 2 is 2.24 bits per heavy atom. The number of hydrogen-bond acceptors (Lipinski definition) is 4. The molecule has 1 atom stereocenters. The Morgan fingerprint density at radius 3 is 2.88 bits per heavy atom. The Labute approximate surface area is 103 Å². The van der Waals surface area contributed by atoms with Crippen molar-refractivity contribution in [2.24, 2.45) is 0 Å². The van der Waals surface area contributed by atoms with Crippen LogP contribution in [0.2, 0.25) is 5.28 Å². The molecule has 1 unspecified atom stereocenters. The van der Waals surface area contributed by atoms with Gasteiger partial charge in [-0.1, -0.05) is 6.07 Å². The molecule has 90 valence electrons. The van der Waals surface area contributed by atoms with Gasteiger partial charge in [0.15, 0.2) is 0 Å². The lowest BCUT2D eigenvalue weighted by Crippen LogP contribution is -2.31. The van der Waals surface area contributed by atoms with E-state index in [4.69, 9.17) is 11.6 Å². The highest BCUT2D eigenvalue weighted by Gasteiger charge is 2.14. The van der Waals surface area contributed by atoms with Crippen molar-refractivity contribution < 1.29 is 5.11 Å². The number of phenols is 1. The average Bonchev–Trinajstić information content (AvgIpc) is 2.30. The molecule has 0 amide bonds. The van der Waals surface area contributed by atoms with E-state index >= 15 is 0 Å². The number of aromatic hydroxyl groups is 1. The van der Waals surface area contributed by atoms with Crippen LogP contribution in [0.3, 0.4) is 0 Å². The summed E-state index contributed by atoms with van der Waals surface area (Å²) in [5, 5.41) is 12.9. The monoisotopic (exact) mass is 253 g/mol. The van der Waals surface area contributed by atoms with E-state index in [0.717, 1.165) is 0 Å². The number of nitrogens with one attached hydrogen (secondary N) is 1. The van der Waals surface area contributed by atoms with Gasteiger partial charge >= 0.3 is 0 Å². The molecule has 0 aliphatic rings. The molecular weight excluding hydrogens is 242 g/mol. The lowest BCUT2D eigenvalue weighted by atomic mass is 10.2. The molecule has 6 heteroatoms. The molecule has 0 spiro atoms. The predicted molar refractivity (Wildman–Crippen MR) is 66.4 cm³/mol. The molecule has 0 bridgehead atoms. The topological polar surface area (TPSA) is 67.2 Å². The van der Waals surface area contributed by atoms with Gasteiger partial charge in [0.1, 0.15) is 11.3 Å². The van der Waals surface area contributed by atoms with Crippen LogP contribution in [0.4, 0.5) is 0 Å². The minimum absolute atomic E-state index is 0.0471. The van der Waals surface area contributed by atoms with Crippen LogP contribution in [-0.2, 0) is 0 Å². The van der Waals surface area contributed by atoms with E-state index in [1.165, 1.54) is 10.6 Å². The number of phenolic OH excluding ortho intramolecular Hbond substituents is 1. The zero-order valence-electron chi connectivity index (χ0n) is 9.44. The normalized spacial score (nSPS) is 12.9. The third-order valence-electron chi connectivity index (χ3n) is 2.67. The summed E-state index contributed by atoms with van der Waals surface area (Å²) in [5.41, 5.74) is -0.0557. The Bertz CT molecular complexity index is 624. The molecule has 0 saturated carbocycles. The van der Waals surface area contributed by atoms with Crippen molar-refractivity contribution in [2.75, 3.05) is 7.05 Å². The summed E-state index contributed by atoms with van der Waals surface area (Å²) in [7, 11) is 1.72. The van der Waals surface area contributed by atoms with E-state index < -0.39 is 0 Å². The van der Waals surface area contributed by atoms with Gasteiger partial charge in [0.05, 0.1) is 11.6 Å². The van der Waals surface area contributed by atoms with E-state index in [2.05, 4.69) is 10.3 Å². The van der Waals surface area contributed by atoms with Gasteiger partial charge in [-0.25, -0.2) is 4.98 Å². The maximum Gasteiger partial charge on any atom is 0.263 e. The number of benzene rings is 1. The molecule has 1 heterocycles. The minimum Gasteiger partial charge on any atom is -0.506 e. The lowest BCUT2D eigenvalue weighted by Gasteiger charge is -2.16. The molecule has 1 aromatic heterocycles. The third-order valence-corrected chi connectivity index (χ3v) is 2.94. The van der Waals surface area contributed by atoms with Crippen LogP contribution in [0.5, 0.6) is 5.75 Å². The minimum atomic E-state index is -0.280. The van der Waals surface area contributed by atoms with Gasteiger partial charge in [-0.2, -0.15) is 0 Å². The second kappa shape index (κ2) is 4.35. The Kier molecular flexibility index (Phi) is 3.04. The maximum atomic E-state index is 12.2. The molecule has 5 nitrogen and oxygen atoms in total. The Morgan fingerprint density at radius 1 is 1.53 bits per heavy atom. The standard InChI is InChI=1S/C11H12ClN3O2/c1-6(13-2)15-10(17)7-4-3-5-8(16)9(7)14-11(15)12/h3-6,13,16H,1-2H3. The van der Waals surface area contributed by atoms with Crippen LogP contribution < -0.4 is 10.9 Å². The second-order valence-electron chi connectivity index (χ2n) is 3.69. The van der Waals surface area contributed by atoms with Gasteiger partial charge in [-0.15, -0.1) is 0 Å². The van der Waals surface area contributed by atoms with Crippen LogP contribution in [0.1, 0.15) is 13.1 Å². The summed E-state index contributed by atoms with van der Waals surface area (Å²) in [6.07, 6.45) is -0.269. The fourth-order valence-corrected chi connectivity index (χ4v) is 1.95. The lowest BCUT2D eigenvalue weighted by molar-refractivity contribution is 0.458. The van der Waals surface area contributed by atoms with E-state index in [1.54, 1.807) is 26.1 Å². The summed E-state index contributed by atoms with van der Waals surface area (Å²) < 4.78 is 1.34. The number of hydrogen-bond donors (Lipinski definition) is 2. The van der Waals surface area contributed by atoms with Crippen LogP contribution >= 0.6 is 11.6 Å². The second-order valence-corrected chi connectivity index (χ2v) is 4.03. The molecule has 2 rings (SSSR count). The molecular formula is C11H12ClN3O2. The van der Waals surface area contributed by atoms with Crippen molar-refractivity contribution in [2.45, 2.75) is 13.1 Å². The Balaban J connectivity index is 2.86. The van der Waals surface area contributed by atoms with Gasteiger partial charge in [-0.3, -0.25) is 9.36 Å². The molecule has 0 aliphatic heterocycles.